The predicted octanol–water partition coefficient (Wildman–Crippen LogP) is 4.23. The standard InChI is InChI=1S/C15H18BrN3OS.BrH/c1-15(2,8-17)19-14-18-13-10-4-3-9(16)7-11(10)20-6-5-12(13)21-14;/h3-4,7H,5-6,8,17H2,1-2H3,(H,18,19);1H. The van der Waals surface area contributed by atoms with Crippen LogP contribution >= 0.6 is 44.2 Å². The van der Waals surface area contributed by atoms with E-state index >= 15 is 0 Å². The van der Waals surface area contributed by atoms with Crippen molar-refractivity contribution in [2.24, 2.45) is 5.73 Å². The zero-order chi connectivity index (χ0) is 15.0. The summed E-state index contributed by atoms with van der Waals surface area (Å²) in [6.45, 7) is 5.39. The van der Waals surface area contributed by atoms with Gasteiger partial charge in [0.15, 0.2) is 5.13 Å². The molecule has 0 saturated carbocycles. The average molecular weight is 449 g/mol. The second-order valence-electron chi connectivity index (χ2n) is 5.74. The van der Waals surface area contributed by atoms with Crippen molar-refractivity contribution in [3.63, 3.8) is 0 Å². The second-order valence-corrected chi connectivity index (χ2v) is 7.74. The van der Waals surface area contributed by atoms with E-state index in [2.05, 4.69) is 41.2 Å². The third-order valence-corrected chi connectivity index (χ3v) is 4.96. The average Bonchev–Trinajstić information content (AvgIpc) is 2.73. The zero-order valence-electron chi connectivity index (χ0n) is 12.5. The Morgan fingerprint density at radius 1 is 1.45 bits per heavy atom. The number of thiazole rings is 1. The number of fused-ring (bicyclic) bond motifs is 3. The fourth-order valence-electron chi connectivity index (χ4n) is 2.19. The van der Waals surface area contributed by atoms with Crippen LogP contribution in [0.3, 0.4) is 0 Å². The maximum Gasteiger partial charge on any atom is 0.183 e. The lowest BCUT2D eigenvalue weighted by Crippen LogP contribution is -2.39. The molecule has 0 fully saturated rings. The molecule has 1 aromatic carbocycles. The van der Waals surface area contributed by atoms with Crippen LogP contribution in [0.5, 0.6) is 5.75 Å². The lowest BCUT2D eigenvalue weighted by Gasteiger charge is -2.23. The highest BCUT2D eigenvalue weighted by Crippen LogP contribution is 2.40. The van der Waals surface area contributed by atoms with Crippen LogP contribution in [0.15, 0.2) is 22.7 Å². The van der Waals surface area contributed by atoms with E-state index in [1.807, 2.05) is 12.1 Å². The van der Waals surface area contributed by atoms with Crippen molar-refractivity contribution in [2.45, 2.75) is 25.8 Å². The molecule has 1 aliphatic rings. The van der Waals surface area contributed by atoms with Gasteiger partial charge in [-0.1, -0.05) is 15.9 Å². The van der Waals surface area contributed by atoms with Crippen molar-refractivity contribution < 1.29 is 4.74 Å². The summed E-state index contributed by atoms with van der Waals surface area (Å²) in [6.07, 6.45) is 0.879. The predicted molar refractivity (Wildman–Crippen MR) is 102 cm³/mol. The summed E-state index contributed by atoms with van der Waals surface area (Å²) in [7, 11) is 0. The highest BCUT2D eigenvalue weighted by molar-refractivity contribution is 9.10. The van der Waals surface area contributed by atoms with Crippen LogP contribution in [0.4, 0.5) is 5.13 Å². The van der Waals surface area contributed by atoms with E-state index in [0.717, 1.165) is 33.0 Å². The smallest absolute Gasteiger partial charge is 0.183 e. The van der Waals surface area contributed by atoms with Gasteiger partial charge in [0, 0.05) is 33.4 Å². The van der Waals surface area contributed by atoms with Gasteiger partial charge in [-0.25, -0.2) is 4.98 Å². The summed E-state index contributed by atoms with van der Waals surface area (Å²) in [4.78, 5) is 6.03. The molecule has 0 bridgehead atoms. The Hall–Kier alpha value is -0.630. The van der Waals surface area contributed by atoms with Gasteiger partial charge in [0.2, 0.25) is 0 Å². The molecule has 120 valence electrons. The summed E-state index contributed by atoms with van der Waals surface area (Å²) < 4.78 is 6.84. The van der Waals surface area contributed by atoms with E-state index in [0.29, 0.717) is 13.2 Å². The summed E-state index contributed by atoms with van der Waals surface area (Å²) in [5, 5.41) is 4.34. The number of halogens is 2. The highest BCUT2D eigenvalue weighted by Gasteiger charge is 2.23. The molecule has 7 heteroatoms. The number of hydrogen-bond donors (Lipinski definition) is 2. The van der Waals surface area contributed by atoms with E-state index in [-0.39, 0.29) is 22.5 Å². The fourth-order valence-corrected chi connectivity index (χ4v) is 3.67. The van der Waals surface area contributed by atoms with Crippen LogP contribution in [0.2, 0.25) is 0 Å². The summed E-state index contributed by atoms with van der Waals surface area (Å²) in [5.74, 6) is 0.887. The van der Waals surface area contributed by atoms with Gasteiger partial charge >= 0.3 is 0 Å². The van der Waals surface area contributed by atoms with E-state index in [4.69, 9.17) is 15.5 Å². The minimum atomic E-state index is -0.157. The Balaban J connectivity index is 0.00000176. The molecular weight excluding hydrogens is 430 g/mol. The summed E-state index contributed by atoms with van der Waals surface area (Å²) in [5.41, 5.74) is 7.71. The fraction of sp³-hybridized carbons (Fsp3) is 0.400. The van der Waals surface area contributed by atoms with Crippen molar-refractivity contribution >= 4 is 49.4 Å². The van der Waals surface area contributed by atoms with Crippen LogP contribution in [0.25, 0.3) is 11.3 Å². The highest BCUT2D eigenvalue weighted by atomic mass is 79.9. The molecule has 1 aliphatic heterocycles. The SMILES string of the molecule is Br.CC(C)(CN)Nc1nc2c(s1)CCOc1cc(Br)ccc1-2. The molecule has 1 aromatic heterocycles. The molecular formula is C15H19Br2N3OS. The Morgan fingerprint density at radius 2 is 2.23 bits per heavy atom. The number of hydrogen-bond acceptors (Lipinski definition) is 5. The van der Waals surface area contributed by atoms with Gasteiger partial charge in [-0.2, -0.15) is 0 Å². The maximum atomic E-state index is 5.83. The molecule has 3 N–H and O–H groups in total. The molecule has 0 unspecified atom stereocenters. The molecule has 0 radical (unpaired) electrons. The minimum Gasteiger partial charge on any atom is -0.492 e. The number of anilines is 1. The molecule has 0 atom stereocenters. The number of benzene rings is 1. The lowest BCUT2D eigenvalue weighted by atomic mass is 10.1. The molecule has 4 nitrogen and oxygen atoms in total. The largest absolute Gasteiger partial charge is 0.492 e. The van der Waals surface area contributed by atoms with E-state index < -0.39 is 0 Å². The number of nitrogens with two attached hydrogens (primary N) is 1. The Morgan fingerprint density at radius 3 is 2.95 bits per heavy atom. The first-order chi connectivity index (χ1) is 9.98. The molecule has 0 aliphatic carbocycles. The van der Waals surface area contributed by atoms with Gasteiger partial charge in [0.05, 0.1) is 12.3 Å². The Bertz CT molecular complexity index is 673. The quantitative estimate of drug-likeness (QED) is 0.737. The van der Waals surface area contributed by atoms with Crippen LogP contribution < -0.4 is 15.8 Å². The summed E-state index contributed by atoms with van der Waals surface area (Å²) in [6, 6.07) is 6.08. The number of nitrogens with one attached hydrogen (secondary N) is 1. The van der Waals surface area contributed by atoms with Crippen molar-refractivity contribution in [1.29, 1.82) is 0 Å². The topological polar surface area (TPSA) is 60.2 Å². The van der Waals surface area contributed by atoms with Gasteiger partial charge in [-0.15, -0.1) is 28.3 Å². The number of aromatic nitrogens is 1. The van der Waals surface area contributed by atoms with Gasteiger partial charge in [-0.05, 0) is 32.0 Å². The van der Waals surface area contributed by atoms with Crippen molar-refractivity contribution in [3.05, 3.63) is 27.5 Å². The first kappa shape index (κ1) is 17.7. The first-order valence-corrected chi connectivity index (χ1v) is 8.50. The van der Waals surface area contributed by atoms with Gasteiger partial charge in [0.25, 0.3) is 0 Å². The molecule has 2 aromatic rings. The summed E-state index contributed by atoms with van der Waals surface area (Å²) >= 11 is 5.18. The molecule has 3 rings (SSSR count). The Labute approximate surface area is 153 Å². The monoisotopic (exact) mass is 447 g/mol. The number of ether oxygens (including phenoxy) is 1. The number of nitrogens with zero attached hydrogens (tertiary/aromatic N) is 1. The van der Waals surface area contributed by atoms with E-state index in [1.165, 1.54) is 4.88 Å². The number of rotatable bonds is 3. The molecule has 22 heavy (non-hydrogen) atoms. The lowest BCUT2D eigenvalue weighted by molar-refractivity contribution is 0.327. The van der Waals surface area contributed by atoms with Crippen LogP contribution in [-0.4, -0.2) is 23.7 Å². The van der Waals surface area contributed by atoms with E-state index in [1.54, 1.807) is 11.3 Å². The zero-order valence-corrected chi connectivity index (χ0v) is 16.6. The third kappa shape index (κ3) is 3.64. The molecule has 2 heterocycles. The maximum absolute atomic E-state index is 5.83. The molecule has 0 saturated heterocycles. The first-order valence-electron chi connectivity index (χ1n) is 6.89. The molecule has 0 spiro atoms. The van der Waals surface area contributed by atoms with Crippen LogP contribution in [0, 0.1) is 0 Å². The van der Waals surface area contributed by atoms with Crippen molar-refractivity contribution in [2.75, 3.05) is 18.5 Å². The second kappa shape index (κ2) is 6.86. The minimum absolute atomic E-state index is 0. The van der Waals surface area contributed by atoms with Crippen LogP contribution in [-0.2, 0) is 6.42 Å². The third-order valence-electron chi connectivity index (χ3n) is 3.44. The van der Waals surface area contributed by atoms with E-state index in [9.17, 15) is 0 Å². The van der Waals surface area contributed by atoms with Gasteiger partial charge < -0.3 is 15.8 Å². The van der Waals surface area contributed by atoms with Crippen LogP contribution in [0.1, 0.15) is 18.7 Å². The van der Waals surface area contributed by atoms with Gasteiger partial charge in [0.1, 0.15) is 5.75 Å². The Kier molecular flexibility index (Phi) is 5.53. The normalized spacial score (nSPS) is 13.3. The molecule has 0 amide bonds. The van der Waals surface area contributed by atoms with Crippen molar-refractivity contribution in [3.8, 4) is 17.0 Å². The van der Waals surface area contributed by atoms with Crippen molar-refractivity contribution in [1.82, 2.24) is 4.98 Å². The van der Waals surface area contributed by atoms with Gasteiger partial charge in [-0.3, -0.25) is 0 Å².